The van der Waals surface area contributed by atoms with E-state index in [-0.39, 0.29) is 11.7 Å². The second-order valence-electron chi connectivity index (χ2n) is 6.57. The average Bonchev–Trinajstić information content (AvgIpc) is 2.27. The van der Waals surface area contributed by atoms with Gasteiger partial charge in [-0.1, -0.05) is 27.7 Å². The molecule has 1 aliphatic rings. The molecule has 0 bridgehead atoms. The van der Waals surface area contributed by atoms with E-state index in [1.165, 1.54) is 0 Å². The van der Waals surface area contributed by atoms with Crippen molar-refractivity contribution in [3.63, 3.8) is 0 Å². The predicted molar refractivity (Wildman–Crippen MR) is 80.6 cm³/mol. The lowest BCUT2D eigenvalue weighted by Gasteiger charge is -2.32. The Morgan fingerprint density at radius 1 is 1.11 bits per heavy atom. The van der Waals surface area contributed by atoms with E-state index in [4.69, 9.17) is 0 Å². The molecule has 1 aliphatic heterocycles. The molecule has 0 aromatic rings. The second-order valence-corrected chi connectivity index (χ2v) is 8.58. The van der Waals surface area contributed by atoms with Crippen LogP contribution >= 0.6 is 0 Å². The molecule has 0 saturated carbocycles. The summed E-state index contributed by atoms with van der Waals surface area (Å²) < 4.78 is 25.9. The standard InChI is InChI=1S/C14H30N2O2S/c1-12(2)9-15-10-14-5-7-16(8-6-14)19(17,18)11-13(3)4/h12-15H,5-11H2,1-4H3. The summed E-state index contributed by atoms with van der Waals surface area (Å²) in [6.07, 6.45) is 1.98. The topological polar surface area (TPSA) is 49.4 Å². The maximum Gasteiger partial charge on any atom is 0.214 e. The Morgan fingerprint density at radius 2 is 1.68 bits per heavy atom. The van der Waals surface area contributed by atoms with E-state index in [2.05, 4.69) is 19.2 Å². The van der Waals surface area contributed by atoms with Gasteiger partial charge in [0.1, 0.15) is 0 Å². The lowest BCUT2D eigenvalue weighted by atomic mass is 9.98. The zero-order chi connectivity index (χ0) is 14.5. The minimum atomic E-state index is -3.03. The molecule has 0 aromatic carbocycles. The normalized spacial score (nSPS) is 19.5. The van der Waals surface area contributed by atoms with Crippen molar-refractivity contribution in [3.8, 4) is 0 Å². The molecule has 1 N–H and O–H groups in total. The summed E-state index contributed by atoms with van der Waals surface area (Å²) >= 11 is 0. The van der Waals surface area contributed by atoms with Crippen molar-refractivity contribution in [2.24, 2.45) is 17.8 Å². The minimum absolute atomic E-state index is 0.204. The molecule has 0 amide bonds. The Balaban J connectivity index is 2.32. The summed E-state index contributed by atoms with van der Waals surface area (Å²) in [7, 11) is -3.03. The highest BCUT2D eigenvalue weighted by molar-refractivity contribution is 7.89. The van der Waals surface area contributed by atoms with Gasteiger partial charge in [0, 0.05) is 13.1 Å². The molecule has 0 aromatic heterocycles. The third kappa shape index (κ3) is 6.23. The fourth-order valence-electron chi connectivity index (χ4n) is 2.49. The zero-order valence-corrected chi connectivity index (χ0v) is 13.7. The van der Waals surface area contributed by atoms with Crippen LogP contribution in [0.2, 0.25) is 0 Å². The van der Waals surface area contributed by atoms with Crippen molar-refractivity contribution >= 4 is 10.0 Å². The summed E-state index contributed by atoms with van der Waals surface area (Å²) in [5.74, 6) is 1.79. The molecular formula is C14H30N2O2S. The molecule has 4 nitrogen and oxygen atoms in total. The van der Waals surface area contributed by atoms with Gasteiger partial charge in [0.15, 0.2) is 0 Å². The van der Waals surface area contributed by atoms with Gasteiger partial charge in [-0.3, -0.25) is 0 Å². The van der Waals surface area contributed by atoms with Gasteiger partial charge in [0.05, 0.1) is 5.75 Å². The number of rotatable bonds is 7. The molecule has 1 fully saturated rings. The molecule has 5 heteroatoms. The van der Waals surface area contributed by atoms with Crippen LogP contribution in [-0.2, 0) is 10.0 Å². The highest BCUT2D eigenvalue weighted by atomic mass is 32.2. The van der Waals surface area contributed by atoms with Gasteiger partial charge in [0.25, 0.3) is 0 Å². The first-order valence-electron chi connectivity index (χ1n) is 7.49. The van der Waals surface area contributed by atoms with Crippen LogP contribution in [0.15, 0.2) is 0 Å². The van der Waals surface area contributed by atoms with E-state index in [0.717, 1.165) is 25.9 Å². The van der Waals surface area contributed by atoms with Gasteiger partial charge in [0.2, 0.25) is 10.0 Å². The molecule has 114 valence electrons. The molecule has 0 atom stereocenters. The van der Waals surface area contributed by atoms with E-state index in [0.29, 0.717) is 24.9 Å². The van der Waals surface area contributed by atoms with Crippen molar-refractivity contribution in [1.82, 2.24) is 9.62 Å². The van der Waals surface area contributed by atoms with Crippen molar-refractivity contribution in [3.05, 3.63) is 0 Å². The van der Waals surface area contributed by atoms with Gasteiger partial charge in [-0.25, -0.2) is 12.7 Å². The predicted octanol–water partition coefficient (Wildman–Crippen LogP) is 1.93. The van der Waals surface area contributed by atoms with Crippen LogP contribution in [0.1, 0.15) is 40.5 Å². The Labute approximate surface area is 119 Å². The van der Waals surface area contributed by atoms with Crippen molar-refractivity contribution in [1.29, 1.82) is 0 Å². The summed E-state index contributed by atoms with van der Waals surface area (Å²) in [4.78, 5) is 0. The van der Waals surface area contributed by atoms with Crippen LogP contribution in [0, 0.1) is 17.8 Å². The van der Waals surface area contributed by atoms with E-state index in [1.807, 2.05) is 13.8 Å². The molecule has 19 heavy (non-hydrogen) atoms. The van der Waals surface area contributed by atoms with E-state index in [9.17, 15) is 8.42 Å². The fourth-order valence-corrected chi connectivity index (χ4v) is 4.31. The summed E-state index contributed by atoms with van der Waals surface area (Å²) in [6.45, 7) is 11.8. The monoisotopic (exact) mass is 290 g/mol. The lowest BCUT2D eigenvalue weighted by molar-refractivity contribution is 0.265. The van der Waals surface area contributed by atoms with Gasteiger partial charge in [-0.05, 0) is 43.7 Å². The summed E-state index contributed by atoms with van der Waals surface area (Å²) in [5, 5.41) is 3.47. The van der Waals surface area contributed by atoms with Crippen LogP contribution in [0.4, 0.5) is 0 Å². The molecule has 0 spiro atoms. The summed E-state index contributed by atoms with van der Waals surface area (Å²) in [5.41, 5.74) is 0. The number of sulfonamides is 1. The Hall–Kier alpha value is -0.130. The summed E-state index contributed by atoms with van der Waals surface area (Å²) in [6, 6.07) is 0. The van der Waals surface area contributed by atoms with E-state index < -0.39 is 10.0 Å². The number of nitrogens with one attached hydrogen (secondary N) is 1. The quantitative estimate of drug-likeness (QED) is 0.779. The minimum Gasteiger partial charge on any atom is -0.316 e. The van der Waals surface area contributed by atoms with Gasteiger partial charge >= 0.3 is 0 Å². The molecule has 0 radical (unpaired) electrons. The molecular weight excluding hydrogens is 260 g/mol. The smallest absolute Gasteiger partial charge is 0.214 e. The Morgan fingerprint density at radius 3 is 2.16 bits per heavy atom. The highest BCUT2D eigenvalue weighted by Gasteiger charge is 2.28. The second kappa shape index (κ2) is 7.60. The van der Waals surface area contributed by atoms with Crippen LogP contribution < -0.4 is 5.32 Å². The van der Waals surface area contributed by atoms with Gasteiger partial charge in [-0.15, -0.1) is 0 Å². The molecule has 0 unspecified atom stereocenters. The number of hydrogen-bond donors (Lipinski definition) is 1. The maximum atomic E-state index is 12.1. The molecule has 1 rings (SSSR count). The molecule has 1 saturated heterocycles. The third-order valence-corrected chi connectivity index (χ3v) is 5.74. The van der Waals surface area contributed by atoms with Crippen LogP contribution in [0.25, 0.3) is 0 Å². The van der Waals surface area contributed by atoms with E-state index >= 15 is 0 Å². The maximum absolute atomic E-state index is 12.1. The van der Waals surface area contributed by atoms with Crippen LogP contribution in [0.5, 0.6) is 0 Å². The number of piperidine rings is 1. The molecule has 0 aliphatic carbocycles. The largest absolute Gasteiger partial charge is 0.316 e. The Kier molecular flexibility index (Phi) is 6.77. The van der Waals surface area contributed by atoms with Crippen LogP contribution in [-0.4, -0.2) is 44.7 Å². The fraction of sp³-hybridized carbons (Fsp3) is 1.00. The highest BCUT2D eigenvalue weighted by Crippen LogP contribution is 2.20. The Bertz CT molecular complexity index is 344. The first-order chi connectivity index (χ1) is 8.81. The SMILES string of the molecule is CC(C)CNCC1CCN(S(=O)(=O)CC(C)C)CC1. The number of hydrogen-bond acceptors (Lipinski definition) is 3. The van der Waals surface area contributed by atoms with Gasteiger partial charge < -0.3 is 5.32 Å². The average molecular weight is 290 g/mol. The van der Waals surface area contributed by atoms with Crippen molar-refractivity contribution < 1.29 is 8.42 Å². The lowest BCUT2D eigenvalue weighted by Crippen LogP contribution is -2.42. The third-order valence-electron chi connectivity index (χ3n) is 3.50. The van der Waals surface area contributed by atoms with Crippen molar-refractivity contribution in [2.75, 3.05) is 31.9 Å². The van der Waals surface area contributed by atoms with Gasteiger partial charge in [-0.2, -0.15) is 0 Å². The molecule has 1 heterocycles. The first kappa shape index (κ1) is 16.9. The van der Waals surface area contributed by atoms with E-state index in [1.54, 1.807) is 4.31 Å². The number of nitrogens with zero attached hydrogens (tertiary/aromatic N) is 1. The van der Waals surface area contributed by atoms with Crippen LogP contribution in [0.3, 0.4) is 0 Å². The van der Waals surface area contributed by atoms with Crippen molar-refractivity contribution in [2.45, 2.75) is 40.5 Å². The zero-order valence-electron chi connectivity index (χ0n) is 12.9. The first-order valence-corrected chi connectivity index (χ1v) is 9.10.